The Morgan fingerprint density at radius 3 is 2.62 bits per heavy atom. The van der Waals surface area contributed by atoms with Crippen LogP contribution in [0.4, 0.5) is 0 Å². The molecule has 1 atom stereocenters. The van der Waals surface area contributed by atoms with E-state index in [0.717, 1.165) is 11.3 Å². The first-order chi connectivity index (χ1) is 10.1. The van der Waals surface area contributed by atoms with E-state index in [0.29, 0.717) is 19.4 Å². The maximum absolute atomic E-state index is 12.5. The molecule has 1 aromatic heterocycles. The van der Waals surface area contributed by atoms with E-state index in [1.807, 2.05) is 18.4 Å². The van der Waals surface area contributed by atoms with Gasteiger partial charge in [0, 0.05) is 32.4 Å². The molecule has 0 radical (unpaired) electrons. The zero-order valence-corrected chi connectivity index (χ0v) is 13.7. The number of carbonyl (C=O) groups is 2. The molecule has 1 heterocycles. The molecule has 0 aromatic carbocycles. The van der Waals surface area contributed by atoms with Crippen molar-refractivity contribution in [1.29, 1.82) is 0 Å². The van der Waals surface area contributed by atoms with Crippen LogP contribution in [-0.2, 0) is 16.1 Å². The second kappa shape index (κ2) is 9.39. The predicted octanol–water partition coefficient (Wildman–Crippen LogP) is 1.69. The smallest absolute Gasteiger partial charge is 0.245 e. The van der Waals surface area contributed by atoms with E-state index < -0.39 is 6.04 Å². The van der Waals surface area contributed by atoms with Crippen molar-refractivity contribution in [3.63, 3.8) is 0 Å². The number of carbonyl (C=O) groups excluding carboxylic acids is 2. The van der Waals surface area contributed by atoms with Crippen molar-refractivity contribution < 1.29 is 9.59 Å². The number of nitrogens with one attached hydrogen (secondary N) is 1. The molecule has 5 nitrogen and oxygen atoms in total. The minimum Gasteiger partial charge on any atom is -0.344 e. The molecule has 0 saturated carbocycles. The number of hydrogen-bond donors (Lipinski definition) is 1. The van der Waals surface area contributed by atoms with Gasteiger partial charge in [-0.1, -0.05) is 6.92 Å². The third kappa shape index (κ3) is 6.16. The van der Waals surface area contributed by atoms with Gasteiger partial charge in [-0.2, -0.15) is 11.8 Å². The first kappa shape index (κ1) is 17.5. The van der Waals surface area contributed by atoms with Gasteiger partial charge < -0.3 is 10.2 Å². The van der Waals surface area contributed by atoms with Crippen molar-refractivity contribution in [2.45, 2.75) is 32.4 Å². The molecule has 1 N–H and O–H groups in total. The summed E-state index contributed by atoms with van der Waals surface area (Å²) in [5.41, 5.74) is 1.02. The Balaban J connectivity index is 2.66. The molecule has 2 amide bonds. The van der Waals surface area contributed by atoms with Crippen LogP contribution in [0.1, 0.15) is 25.3 Å². The van der Waals surface area contributed by atoms with Gasteiger partial charge >= 0.3 is 0 Å². The normalized spacial score (nSPS) is 11.8. The van der Waals surface area contributed by atoms with E-state index in [1.165, 1.54) is 0 Å². The van der Waals surface area contributed by atoms with Crippen LogP contribution in [0.25, 0.3) is 0 Å². The van der Waals surface area contributed by atoms with Gasteiger partial charge in [-0.15, -0.1) is 0 Å². The molecule has 0 aliphatic rings. The minimum atomic E-state index is -0.447. The third-order valence-electron chi connectivity index (χ3n) is 3.11. The Morgan fingerprint density at radius 1 is 1.38 bits per heavy atom. The van der Waals surface area contributed by atoms with Crippen LogP contribution in [0.5, 0.6) is 0 Å². The number of aromatic nitrogens is 1. The summed E-state index contributed by atoms with van der Waals surface area (Å²) >= 11 is 1.67. The van der Waals surface area contributed by atoms with Crippen LogP contribution < -0.4 is 5.32 Å². The number of likely N-dealkylation sites (N-methyl/N-ethyl adjacent to an activating group) is 1. The fourth-order valence-electron chi connectivity index (χ4n) is 1.90. The first-order valence-corrected chi connectivity index (χ1v) is 8.40. The Hall–Kier alpha value is -1.56. The summed E-state index contributed by atoms with van der Waals surface area (Å²) in [6.07, 6.45) is 6.43. The highest BCUT2D eigenvalue weighted by atomic mass is 32.2. The quantitative estimate of drug-likeness (QED) is 0.794. The van der Waals surface area contributed by atoms with E-state index in [9.17, 15) is 9.59 Å². The molecule has 1 unspecified atom stereocenters. The largest absolute Gasteiger partial charge is 0.344 e. The van der Waals surface area contributed by atoms with Crippen LogP contribution in [-0.4, -0.2) is 46.8 Å². The summed E-state index contributed by atoms with van der Waals surface area (Å²) in [4.78, 5) is 29.7. The van der Waals surface area contributed by atoms with Gasteiger partial charge in [-0.05, 0) is 36.1 Å². The maximum Gasteiger partial charge on any atom is 0.245 e. The highest BCUT2D eigenvalue weighted by molar-refractivity contribution is 7.98. The molecular formula is C15H23N3O2S. The fraction of sp³-hybridized carbons (Fsp3) is 0.533. The van der Waals surface area contributed by atoms with Crippen molar-refractivity contribution in [2.75, 3.05) is 19.1 Å². The molecule has 116 valence electrons. The highest BCUT2D eigenvalue weighted by Gasteiger charge is 2.23. The lowest BCUT2D eigenvalue weighted by atomic mass is 10.1. The van der Waals surface area contributed by atoms with E-state index in [2.05, 4.69) is 10.3 Å². The molecule has 0 aliphatic heterocycles. The Labute approximate surface area is 130 Å². The molecule has 1 rings (SSSR count). The highest BCUT2D eigenvalue weighted by Crippen LogP contribution is 2.07. The molecule has 6 heteroatoms. The van der Waals surface area contributed by atoms with E-state index >= 15 is 0 Å². The molecule has 0 fully saturated rings. The lowest BCUT2D eigenvalue weighted by Gasteiger charge is -2.24. The lowest BCUT2D eigenvalue weighted by molar-refractivity contribution is -0.135. The minimum absolute atomic E-state index is 0.0531. The number of thioether (sulfide) groups is 1. The fourth-order valence-corrected chi connectivity index (χ4v) is 2.37. The summed E-state index contributed by atoms with van der Waals surface area (Å²) in [5.74, 6) is 0.693. The number of rotatable bonds is 8. The zero-order valence-electron chi connectivity index (χ0n) is 12.8. The van der Waals surface area contributed by atoms with Crippen molar-refractivity contribution >= 4 is 23.6 Å². The number of hydrogen-bond acceptors (Lipinski definition) is 4. The van der Waals surface area contributed by atoms with E-state index in [1.54, 1.807) is 43.0 Å². The molecular weight excluding hydrogens is 286 g/mol. The summed E-state index contributed by atoms with van der Waals surface area (Å²) in [6.45, 7) is 2.30. The Morgan fingerprint density at radius 2 is 2.05 bits per heavy atom. The topological polar surface area (TPSA) is 62.3 Å². The molecule has 0 bridgehead atoms. The van der Waals surface area contributed by atoms with Gasteiger partial charge in [0.05, 0.1) is 0 Å². The van der Waals surface area contributed by atoms with Crippen LogP contribution in [0.15, 0.2) is 24.5 Å². The second-order valence-corrected chi connectivity index (χ2v) is 5.79. The van der Waals surface area contributed by atoms with Gasteiger partial charge in [0.15, 0.2) is 0 Å². The number of nitrogens with zero attached hydrogens (tertiary/aromatic N) is 2. The summed E-state index contributed by atoms with van der Waals surface area (Å²) in [7, 11) is 1.76. The van der Waals surface area contributed by atoms with E-state index in [4.69, 9.17) is 0 Å². The maximum atomic E-state index is 12.5. The van der Waals surface area contributed by atoms with Crippen LogP contribution in [0, 0.1) is 0 Å². The van der Waals surface area contributed by atoms with Gasteiger partial charge in [0.2, 0.25) is 11.8 Å². The van der Waals surface area contributed by atoms with Gasteiger partial charge in [0.1, 0.15) is 6.04 Å². The summed E-state index contributed by atoms with van der Waals surface area (Å²) in [6, 6.07) is 3.31. The average Bonchev–Trinajstić information content (AvgIpc) is 2.51. The average molecular weight is 309 g/mol. The standard InChI is InChI=1S/C15H23N3O2S/c1-4-14(19)17-13(7-10-21-3)15(20)18(2)11-12-5-8-16-9-6-12/h5-6,8-9,13H,4,7,10-11H2,1-3H3,(H,17,19). The number of pyridine rings is 1. The molecule has 21 heavy (non-hydrogen) atoms. The van der Waals surface area contributed by atoms with Crippen molar-refractivity contribution in [1.82, 2.24) is 15.2 Å². The predicted molar refractivity (Wildman–Crippen MR) is 85.9 cm³/mol. The Kier molecular flexibility index (Phi) is 7.82. The SMILES string of the molecule is CCC(=O)NC(CCSC)C(=O)N(C)Cc1ccncc1. The van der Waals surface area contributed by atoms with Crippen LogP contribution in [0.3, 0.4) is 0 Å². The molecule has 0 aliphatic carbocycles. The lowest BCUT2D eigenvalue weighted by Crippen LogP contribution is -2.47. The summed E-state index contributed by atoms with van der Waals surface area (Å²) < 4.78 is 0. The van der Waals surface area contributed by atoms with Gasteiger partial charge in [0.25, 0.3) is 0 Å². The van der Waals surface area contributed by atoms with Crippen LogP contribution >= 0.6 is 11.8 Å². The van der Waals surface area contributed by atoms with E-state index in [-0.39, 0.29) is 11.8 Å². The number of amides is 2. The first-order valence-electron chi connectivity index (χ1n) is 7.00. The van der Waals surface area contributed by atoms with Crippen molar-refractivity contribution in [3.8, 4) is 0 Å². The molecule has 0 spiro atoms. The third-order valence-corrected chi connectivity index (χ3v) is 3.75. The van der Waals surface area contributed by atoms with Gasteiger partial charge in [-0.3, -0.25) is 14.6 Å². The molecule has 0 saturated heterocycles. The second-order valence-electron chi connectivity index (χ2n) is 4.80. The van der Waals surface area contributed by atoms with Crippen molar-refractivity contribution in [3.05, 3.63) is 30.1 Å². The zero-order chi connectivity index (χ0) is 15.7. The monoisotopic (exact) mass is 309 g/mol. The van der Waals surface area contributed by atoms with Crippen LogP contribution in [0.2, 0.25) is 0 Å². The van der Waals surface area contributed by atoms with Crippen molar-refractivity contribution in [2.24, 2.45) is 0 Å². The van der Waals surface area contributed by atoms with Gasteiger partial charge in [-0.25, -0.2) is 0 Å². The Bertz CT molecular complexity index is 453. The summed E-state index contributed by atoms with van der Waals surface area (Å²) in [5, 5.41) is 2.81. The molecule has 1 aromatic rings.